The van der Waals surface area contributed by atoms with Gasteiger partial charge in [0.2, 0.25) is 0 Å². The fourth-order valence-electron chi connectivity index (χ4n) is 1.83. The summed E-state index contributed by atoms with van der Waals surface area (Å²) in [5, 5.41) is 0.956. The number of hydrogen-bond donors (Lipinski definition) is 0. The van der Waals surface area contributed by atoms with E-state index in [2.05, 4.69) is 0 Å². The molecule has 0 aliphatic carbocycles. The predicted molar refractivity (Wildman–Crippen MR) is 79.5 cm³/mol. The van der Waals surface area contributed by atoms with Crippen molar-refractivity contribution in [2.24, 2.45) is 0 Å². The van der Waals surface area contributed by atoms with Crippen LogP contribution in [0.3, 0.4) is 0 Å². The fraction of sp³-hybridized carbons (Fsp3) is 0.125. The van der Waals surface area contributed by atoms with Crippen LogP contribution in [0.1, 0.15) is 16.7 Å². The highest BCUT2D eigenvalue weighted by atomic mass is 32.2. The van der Waals surface area contributed by atoms with E-state index in [-0.39, 0.29) is 5.56 Å². The molecule has 0 N–H and O–H groups in total. The second-order valence-corrected chi connectivity index (χ2v) is 6.74. The minimum Gasteiger partial charge on any atom is -0.224 e. The average molecular weight is 344 g/mol. The maximum Gasteiger partial charge on any atom is 0.416 e. The molecule has 0 spiro atoms. The minimum atomic E-state index is -4.46. The van der Waals surface area contributed by atoms with E-state index in [1.165, 1.54) is 30.3 Å². The molecular weight excluding hydrogens is 332 g/mol. The standard InChI is InChI=1S/C16H12F4O2S/c17-15-7-3-12(4-8-15)9-10-23(21,22)11-13-1-5-14(6-2-13)16(18,19)20/h1-10H,11H2. The van der Waals surface area contributed by atoms with Crippen LogP contribution in [0.4, 0.5) is 17.6 Å². The van der Waals surface area contributed by atoms with Crippen LogP contribution in [0.5, 0.6) is 0 Å². The summed E-state index contributed by atoms with van der Waals surface area (Å²) in [7, 11) is -3.65. The minimum absolute atomic E-state index is 0.252. The highest BCUT2D eigenvalue weighted by molar-refractivity contribution is 7.93. The third-order valence-electron chi connectivity index (χ3n) is 2.99. The Labute approximate surface area is 131 Å². The quantitative estimate of drug-likeness (QED) is 0.769. The normalized spacial score (nSPS) is 12.7. The number of hydrogen-bond acceptors (Lipinski definition) is 2. The summed E-state index contributed by atoms with van der Waals surface area (Å²) in [5.41, 5.74) is -0.0790. The van der Waals surface area contributed by atoms with E-state index in [0.29, 0.717) is 5.56 Å². The van der Waals surface area contributed by atoms with Crippen LogP contribution in [0.25, 0.3) is 6.08 Å². The van der Waals surface area contributed by atoms with Crippen LogP contribution >= 0.6 is 0 Å². The summed E-state index contributed by atoms with van der Waals surface area (Å²) in [5.74, 6) is -0.849. The fourth-order valence-corrected chi connectivity index (χ4v) is 2.94. The van der Waals surface area contributed by atoms with Crippen molar-refractivity contribution in [3.63, 3.8) is 0 Å². The maximum atomic E-state index is 12.7. The van der Waals surface area contributed by atoms with E-state index < -0.39 is 33.1 Å². The predicted octanol–water partition coefficient (Wildman–Crippen LogP) is 4.43. The first-order chi connectivity index (χ1) is 10.7. The van der Waals surface area contributed by atoms with E-state index >= 15 is 0 Å². The van der Waals surface area contributed by atoms with Crippen LogP contribution < -0.4 is 0 Å². The second-order valence-electron chi connectivity index (χ2n) is 4.86. The van der Waals surface area contributed by atoms with Crippen molar-refractivity contribution in [2.45, 2.75) is 11.9 Å². The summed E-state index contributed by atoms with van der Waals surface area (Å²) < 4.78 is 73.9. The Morgan fingerprint density at radius 3 is 2.00 bits per heavy atom. The van der Waals surface area contributed by atoms with E-state index in [0.717, 1.165) is 29.7 Å². The summed E-state index contributed by atoms with van der Waals surface area (Å²) in [6.45, 7) is 0. The molecule has 0 aliphatic rings. The van der Waals surface area contributed by atoms with Crippen LogP contribution in [-0.2, 0) is 21.8 Å². The first kappa shape index (κ1) is 17.2. The molecule has 0 saturated carbocycles. The van der Waals surface area contributed by atoms with E-state index in [1.54, 1.807) is 0 Å². The maximum absolute atomic E-state index is 12.7. The summed E-state index contributed by atoms with van der Waals surface area (Å²) >= 11 is 0. The second kappa shape index (κ2) is 6.54. The molecule has 0 amide bonds. The molecule has 0 bridgehead atoms. The third kappa shape index (κ3) is 5.21. The molecule has 0 fully saturated rings. The number of rotatable bonds is 4. The van der Waals surface area contributed by atoms with Crippen molar-refractivity contribution in [1.29, 1.82) is 0 Å². The molecule has 2 rings (SSSR count). The van der Waals surface area contributed by atoms with Gasteiger partial charge in [0.1, 0.15) is 5.82 Å². The highest BCUT2D eigenvalue weighted by Crippen LogP contribution is 2.29. The van der Waals surface area contributed by atoms with Gasteiger partial charge in [-0.05, 0) is 41.5 Å². The van der Waals surface area contributed by atoms with Crippen molar-refractivity contribution < 1.29 is 26.0 Å². The van der Waals surface area contributed by atoms with Crippen molar-refractivity contribution in [2.75, 3.05) is 0 Å². The molecule has 2 aromatic carbocycles. The first-order valence-corrected chi connectivity index (χ1v) is 8.20. The van der Waals surface area contributed by atoms with Crippen molar-refractivity contribution in [3.8, 4) is 0 Å². The lowest BCUT2D eigenvalue weighted by atomic mass is 10.1. The smallest absolute Gasteiger partial charge is 0.224 e. The Kier molecular flexibility index (Phi) is 4.89. The Balaban J connectivity index is 2.10. The van der Waals surface area contributed by atoms with Crippen LogP contribution in [0.2, 0.25) is 0 Å². The van der Waals surface area contributed by atoms with Crippen LogP contribution in [0.15, 0.2) is 53.9 Å². The average Bonchev–Trinajstić information content (AvgIpc) is 2.46. The van der Waals surface area contributed by atoms with Crippen molar-refractivity contribution in [3.05, 3.63) is 76.4 Å². The lowest BCUT2D eigenvalue weighted by Gasteiger charge is -2.07. The molecule has 0 unspecified atom stereocenters. The number of alkyl halides is 3. The Morgan fingerprint density at radius 1 is 0.913 bits per heavy atom. The van der Waals surface area contributed by atoms with E-state index in [4.69, 9.17) is 0 Å². The molecule has 0 heterocycles. The van der Waals surface area contributed by atoms with Gasteiger partial charge in [0, 0.05) is 5.41 Å². The summed E-state index contributed by atoms with van der Waals surface area (Å²) in [6, 6.07) is 9.17. The monoisotopic (exact) mass is 344 g/mol. The third-order valence-corrected chi connectivity index (χ3v) is 4.27. The molecule has 2 aromatic rings. The van der Waals surface area contributed by atoms with Gasteiger partial charge in [-0.15, -0.1) is 0 Å². The first-order valence-electron chi connectivity index (χ1n) is 6.48. The molecule has 0 aromatic heterocycles. The Hall–Kier alpha value is -2.15. The zero-order chi connectivity index (χ0) is 17.1. The molecule has 0 atom stereocenters. The Bertz CT molecular complexity index is 789. The molecule has 23 heavy (non-hydrogen) atoms. The zero-order valence-electron chi connectivity index (χ0n) is 11.7. The van der Waals surface area contributed by atoms with Gasteiger partial charge in [-0.2, -0.15) is 13.2 Å². The summed E-state index contributed by atoms with van der Waals surface area (Å²) in [6.07, 6.45) is -3.15. The lowest BCUT2D eigenvalue weighted by Crippen LogP contribution is -2.05. The van der Waals surface area contributed by atoms with Gasteiger partial charge in [-0.3, -0.25) is 0 Å². The van der Waals surface area contributed by atoms with Gasteiger partial charge in [0.25, 0.3) is 0 Å². The molecule has 2 nitrogen and oxygen atoms in total. The molecule has 0 radical (unpaired) electrons. The molecular formula is C16H12F4O2S. The van der Waals surface area contributed by atoms with E-state index in [1.807, 2.05) is 0 Å². The lowest BCUT2D eigenvalue weighted by molar-refractivity contribution is -0.137. The molecule has 122 valence electrons. The van der Waals surface area contributed by atoms with Gasteiger partial charge in [-0.1, -0.05) is 24.3 Å². The van der Waals surface area contributed by atoms with Gasteiger partial charge in [0.15, 0.2) is 9.84 Å². The largest absolute Gasteiger partial charge is 0.416 e. The summed E-state index contributed by atoms with van der Waals surface area (Å²) in [4.78, 5) is 0. The van der Waals surface area contributed by atoms with Gasteiger partial charge in [0.05, 0.1) is 11.3 Å². The number of sulfone groups is 1. The molecule has 7 heteroatoms. The van der Waals surface area contributed by atoms with Crippen LogP contribution in [-0.4, -0.2) is 8.42 Å². The van der Waals surface area contributed by atoms with E-state index in [9.17, 15) is 26.0 Å². The zero-order valence-corrected chi connectivity index (χ0v) is 12.5. The van der Waals surface area contributed by atoms with Gasteiger partial charge >= 0.3 is 6.18 Å². The topological polar surface area (TPSA) is 34.1 Å². The van der Waals surface area contributed by atoms with Gasteiger partial charge in [-0.25, -0.2) is 12.8 Å². The van der Waals surface area contributed by atoms with Gasteiger partial charge < -0.3 is 0 Å². The van der Waals surface area contributed by atoms with Crippen molar-refractivity contribution >= 4 is 15.9 Å². The number of benzene rings is 2. The highest BCUT2D eigenvalue weighted by Gasteiger charge is 2.30. The Morgan fingerprint density at radius 2 is 1.48 bits per heavy atom. The molecule has 0 saturated heterocycles. The van der Waals surface area contributed by atoms with Crippen molar-refractivity contribution in [1.82, 2.24) is 0 Å². The molecule has 0 aliphatic heterocycles. The SMILES string of the molecule is O=S(=O)(C=Cc1ccc(F)cc1)Cc1ccc(C(F)(F)F)cc1. The number of halogens is 4. The van der Waals surface area contributed by atoms with Crippen LogP contribution in [0, 0.1) is 5.82 Å².